The van der Waals surface area contributed by atoms with Crippen LogP contribution in [0.2, 0.25) is 0 Å². The van der Waals surface area contributed by atoms with Gasteiger partial charge in [0.2, 0.25) is 5.95 Å². The van der Waals surface area contributed by atoms with Crippen molar-refractivity contribution in [2.75, 3.05) is 12.4 Å². The first-order valence-electron chi connectivity index (χ1n) is 4.85. The van der Waals surface area contributed by atoms with Crippen molar-refractivity contribution in [3.63, 3.8) is 0 Å². The van der Waals surface area contributed by atoms with Crippen LogP contribution < -0.4 is 10.1 Å². The summed E-state index contributed by atoms with van der Waals surface area (Å²) in [5.74, 6) is 0.866. The number of carbonyl (C=O) groups excluding carboxylic acids is 1. The molecule has 0 radical (unpaired) electrons. The van der Waals surface area contributed by atoms with E-state index in [0.29, 0.717) is 17.3 Å². The highest BCUT2D eigenvalue weighted by Gasteiger charge is 2.09. The molecule has 2 N–H and O–H groups in total. The lowest BCUT2D eigenvalue weighted by molar-refractivity contribution is 0.102. The van der Waals surface area contributed by atoms with Gasteiger partial charge in [-0.15, -0.1) is 0 Å². The molecule has 0 aliphatic heterocycles. The molecule has 5 nitrogen and oxygen atoms in total. The molecule has 0 saturated carbocycles. The van der Waals surface area contributed by atoms with E-state index in [4.69, 9.17) is 4.74 Å². The average molecular weight is 296 g/mol. The Morgan fingerprint density at radius 1 is 1.53 bits per heavy atom. The van der Waals surface area contributed by atoms with Gasteiger partial charge in [-0.25, -0.2) is 4.98 Å². The highest BCUT2D eigenvalue weighted by molar-refractivity contribution is 9.10. The first kappa shape index (κ1) is 11.7. The Hall–Kier alpha value is -1.82. The number of benzene rings is 1. The SMILES string of the molecule is COc1ccc(C(=O)Nc2ncc[nH]2)cc1Br. The molecule has 1 aromatic carbocycles. The molecule has 0 spiro atoms. The van der Waals surface area contributed by atoms with Gasteiger partial charge < -0.3 is 9.72 Å². The quantitative estimate of drug-likeness (QED) is 0.914. The Bertz CT molecular complexity index is 526. The molecule has 0 fully saturated rings. The number of amides is 1. The predicted molar refractivity (Wildman–Crippen MR) is 67.2 cm³/mol. The van der Waals surface area contributed by atoms with Gasteiger partial charge in [-0.2, -0.15) is 0 Å². The number of carbonyl (C=O) groups is 1. The molecule has 0 aliphatic rings. The fourth-order valence-corrected chi connectivity index (χ4v) is 1.86. The molecule has 1 amide bonds. The number of imidazole rings is 1. The van der Waals surface area contributed by atoms with Crippen molar-refractivity contribution in [1.29, 1.82) is 0 Å². The standard InChI is InChI=1S/C11H10BrN3O2/c1-17-9-3-2-7(6-8(9)12)10(16)15-11-13-4-5-14-11/h2-6H,1H3,(H2,13,14,15,16). The molecule has 2 aromatic rings. The van der Waals surface area contributed by atoms with Gasteiger partial charge in [0, 0.05) is 18.0 Å². The van der Waals surface area contributed by atoms with Crippen LogP contribution in [0.1, 0.15) is 10.4 Å². The van der Waals surface area contributed by atoms with Crippen LogP contribution in [0.5, 0.6) is 5.75 Å². The zero-order chi connectivity index (χ0) is 12.3. The molecule has 88 valence electrons. The molecule has 1 aromatic heterocycles. The highest BCUT2D eigenvalue weighted by atomic mass is 79.9. The van der Waals surface area contributed by atoms with Crippen LogP contribution in [0.15, 0.2) is 35.1 Å². The average Bonchev–Trinajstić information content (AvgIpc) is 2.81. The summed E-state index contributed by atoms with van der Waals surface area (Å²) in [5, 5.41) is 2.64. The Kier molecular flexibility index (Phi) is 3.43. The number of halogens is 1. The number of aromatic amines is 1. The molecular weight excluding hydrogens is 286 g/mol. The maximum Gasteiger partial charge on any atom is 0.258 e. The molecule has 1 heterocycles. The zero-order valence-electron chi connectivity index (χ0n) is 9.03. The third-order valence-electron chi connectivity index (χ3n) is 2.14. The summed E-state index contributed by atoms with van der Waals surface area (Å²) in [6.45, 7) is 0. The summed E-state index contributed by atoms with van der Waals surface area (Å²) in [4.78, 5) is 18.5. The minimum Gasteiger partial charge on any atom is -0.496 e. The molecular formula is C11H10BrN3O2. The topological polar surface area (TPSA) is 67.0 Å². The predicted octanol–water partition coefficient (Wildman–Crippen LogP) is 2.43. The molecule has 2 rings (SSSR count). The number of ether oxygens (including phenoxy) is 1. The summed E-state index contributed by atoms with van der Waals surface area (Å²) in [5.41, 5.74) is 0.522. The summed E-state index contributed by atoms with van der Waals surface area (Å²) < 4.78 is 5.82. The number of hydrogen-bond donors (Lipinski definition) is 2. The van der Waals surface area contributed by atoms with Gasteiger partial charge in [-0.1, -0.05) is 0 Å². The second kappa shape index (κ2) is 5.01. The van der Waals surface area contributed by atoms with Crippen molar-refractivity contribution < 1.29 is 9.53 Å². The smallest absolute Gasteiger partial charge is 0.258 e. The normalized spacial score (nSPS) is 10.0. The third-order valence-corrected chi connectivity index (χ3v) is 2.76. The van der Waals surface area contributed by atoms with E-state index in [9.17, 15) is 4.79 Å². The Morgan fingerprint density at radius 3 is 2.94 bits per heavy atom. The molecule has 0 unspecified atom stereocenters. The number of H-pyrrole nitrogens is 1. The summed E-state index contributed by atoms with van der Waals surface area (Å²) in [6, 6.07) is 5.10. The lowest BCUT2D eigenvalue weighted by atomic mass is 10.2. The molecule has 0 saturated heterocycles. The van der Waals surface area contributed by atoms with Gasteiger partial charge in [-0.3, -0.25) is 10.1 Å². The van der Waals surface area contributed by atoms with E-state index in [1.165, 1.54) is 0 Å². The minimum absolute atomic E-state index is 0.233. The van der Waals surface area contributed by atoms with Crippen LogP contribution in [0.4, 0.5) is 5.95 Å². The van der Waals surface area contributed by atoms with Crippen molar-refractivity contribution >= 4 is 27.8 Å². The van der Waals surface area contributed by atoms with Crippen LogP contribution in [0.25, 0.3) is 0 Å². The van der Waals surface area contributed by atoms with E-state index in [1.54, 1.807) is 37.7 Å². The second-order valence-corrected chi connectivity index (χ2v) is 4.10. The highest BCUT2D eigenvalue weighted by Crippen LogP contribution is 2.25. The van der Waals surface area contributed by atoms with Gasteiger partial charge in [-0.05, 0) is 34.1 Å². The lowest BCUT2D eigenvalue weighted by Gasteiger charge is -2.06. The van der Waals surface area contributed by atoms with E-state index < -0.39 is 0 Å². The van der Waals surface area contributed by atoms with Gasteiger partial charge in [0.15, 0.2) is 0 Å². The lowest BCUT2D eigenvalue weighted by Crippen LogP contribution is -2.12. The van der Waals surface area contributed by atoms with E-state index in [2.05, 4.69) is 31.2 Å². The first-order valence-corrected chi connectivity index (χ1v) is 5.64. The third kappa shape index (κ3) is 2.65. The number of methoxy groups -OCH3 is 1. The molecule has 17 heavy (non-hydrogen) atoms. The Balaban J connectivity index is 2.17. The van der Waals surface area contributed by atoms with Crippen LogP contribution in [0.3, 0.4) is 0 Å². The van der Waals surface area contributed by atoms with Gasteiger partial charge in [0.05, 0.1) is 11.6 Å². The van der Waals surface area contributed by atoms with E-state index in [0.717, 1.165) is 4.47 Å². The number of rotatable bonds is 3. The van der Waals surface area contributed by atoms with Crippen LogP contribution in [0, 0.1) is 0 Å². The fourth-order valence-electron chi connectivity index (χ4n) is 1.32. The molecule has 0 bridgehead atoms. The maximum absolute atomic E-state index is 11.8. The zero-order valence-corrected chi connectivity index (χ0v) is 10.6. The summed E-state index contributed by atoms with van der Waals surface area (Å²) in [6.07, 6.45) is 3.21. The summed E-state index contributed by atoms with van der Waals surface area (Å²) >= 11 is 3.33. The van der Waals surface area contributed by atoms with Crippen LogP contribution in [-0.4, -0.2) is 23.0 Å². The van der Waals surface area contributed by atoms with Crippen LogP contribution in [-0.2, 0) is 0 Å². The van der Waals surface area contributed by atoms with E-state index in [1.807, 2.05) is 0 Å². The number of nitrogens with zero attached hydrogens (tertiary/aromatic N) is 1. The molecule has 0 aliphatic carbocycles. The van der Waals surface area contributed by atoms with Crippen LogP contribution >= 0.6 is 15.9 Å². The van der Waals surface area contributed by atoms with Gasteiger partial charge in [0.1, 0.15) is 5.75 Å². The Morgan fingerprint density at radius 2 is 2.35 bits per heavy atom. The van der Waals surface area contributed by atoms with Gasteiger partial charge in [0.25, 0.3) is 5.91 Å². The van der Waals surface area contributed by atoms with E-state index in [-0.39, 0.29) is 5.91 Å². The second-order valence-electron chi connectivity index (χ2n) is 3.24. The van der Waals surface area contributed by atoms with Crippen molar-refractivity contribution in [2.24, 2.45) is 0 Å². The molecule has 6 heteroatoms. The van der Waals surface area contributed by atoms with Crippen molar-refractivity contribution in [2.45, 2.75) is 0 Å². The van der Waals surface area contributed by atoms with E-state index >= 15 is 0 Å². The van der Waals surface area contributed by atoms with Crippen molar-refractivity contribution in [3.8, 4) is 5.75 Å². The number of aromatic nitrogens is 2. The Labute approximate surface area is 106 Å². The maximum atomic E-state index is 11.8. The first-order chi connectivity index (χ1) is 8.20. The number of hydrogen-bond acceptors (Lipinski definition) is 3. The monoisotopic (exact) mass is 295 g/mol. The largest absolute Gasteiger partial charge is 0.496 e. The number of nitrogens with one attached hydrogen (secondary N) is 2. The van der Waals surface area contributed by atoms with Crippen molar-refractivity contribution in [1.82, 2.24) is 9.97 Å². The molecule has 0 atom stereocenters. The number of anilines is 1. The van der Waals surface area contributed by atoms with Gasteiger partial charge >= 0.3 is 0 Å². The van der Waals surface area contributed by atoms with Crippen molar-refractivity contribution in [3.05, 3.63) is 40.6 Å². The minimum atomic E-state index is -0.233. The summed E-state index contributed by atoms with van der Waals surface area (Å²) in [7, 11) is 1.57. The fraction of sp³-hybridized carbons (Fsp3) is 0.0909.